The number of aryl methyl sites for hydroxylation is 21. The van der Waals surface area contributed by atoms with E-state index in [-0.39, 0.29) is 42.0 Å². The van der Waals surface area contributed by atoms with Crippen molar-refractivity contribution in [1.29, 1.82) is 0 Å². The Hall–Kier alpha value is -14.0. The van der Waals surface area contributed by atoms with Crippen LogP contribution in [0.15, 0.2) is 182 Å². The lowest BCUT2D eigenvalue weighted by Crippen LogP contribution is -2.13. The molecule has 0 saturated heterocycles. The number of rotatable bonds is 41. The van der Waals surface area contributed by atoms with Gasteiger partial charge in [-0.05, 0) is 374 Å². The Morgan fingerprint density at radius 3 is 0.700 bits per heavy atom. The number of benzene rings is 12. The van der Waals surface area contributed by atoms with Crippen LogP contribution in [0.4, 0.5) is 34.1 Å². The van der Waals surface area contributed by atoms with Crippen LogP contribution < -0.4 is 65.1 Å². The molecule has 0 aromatic heterocycles. The summed E-state index contributed by atoms with van der Waals surface area (Å²) in [4.78, 5) is 70.9. The van der Waals surface area contributed by atoms with E-state index in [1.165, 1.54) is 119 Å². The predicted octanol–water partition coefficient (Wildman–Crippen LogP) is 30.7. The molecule has 1 aliphatic carbocycles. The van der Waals surface area contributed by atoms with Gasteiger partial charge in [-0.1, -0.05) is 193 Å². The van der Waals surface area contributed by atoms with Crippen LogP contribution in [0.5, 0.6) is 40.2 Å². The van der Waals surface area contributed by atoms with Crippen LogP contribution in [-0.2, 0) is 120 Å². The maximum Gasteiger partial charge on any atom is 0.224 e. The van der Waals surface area contributed by atoms with Crippen molar-refractivity contribution in [2.75, 3.05) is 38.5 Å². The summed E-state index contributed by atoms with van der Waals surface area (Å²) in [6.45, 7) is 60.3. The number of hydrogen-bond acceptors (Lipinski definition) is 14. The van der Waals surface area contributed by atoms with E-state index in [9.17, 15) is 33.9 Å². The Kier molecular flexibility index (Phi) is 49.5. The van der Waals surface area contributed by atoms with E-state index in [4.69, 9.17) is 33.2 Å². The van der Waals surface area contributed by atoms with Crippen LogP contribution in [0.25, 0.3) is 0 Å². The molecule has 12 aromatic carbocycles. The van der Waals surface area contributed by atoms with Crippen molar-refractivity contribution >= 4 is 69.6 Å². The molecule has 12 aromatic rings. The van der Waals surface area contributed by atoms with Crippen molar-refractivity contribution in [3.8, 4) is 40.2 Å². The number of anilines is 6. The van der Waals surface area contributed by atoms with Gasteiger partial charge in [-0.2, -0.15) is 0 Å². The van der Waals surface area contributed by atoms with Crippen LogP contribution in [0.1, 0.15) is 316 Å². The fraction of sp³-hybridized carbons (Fsp3) is 0.400. The molecular weight excluding hydrogens is 1870 g/mol. The van der Waals surface area contributed by atoms with Crippen molar-refractivity contribution in [2.45, 2.75) is 342 Å². The smallest absolute Gasteiger partial charge is 0.224 e. The quantitative estimate of drug-likeness (QED) is 0.0188. The second-order valence-electron chi connectivity index (χ2n) is 38.5. The Labute approximate surface area is 895 Å². The topological polar surface area (TPSA) is 259 Å². The number of carbonyl (C=O) groups is 6. The average Bonchev–Trinajstić information content (AvgIpc) is 1.62. The summed E-state index contributed by atoms with van der Waals surface area (Å²) in [6, 6.07) is 61.1. The van der Waals surface area contributed by atoms with Gasteiger partial charge in [-0.15, -0.1) is 0 Å². The van der Waals surface area contributed by atoms with Gasteiger partial charge in [0.25, 0.3) is 0 Å². The molecule has 0 atom stereocenters. The van der Waals surface area contributed by atoms with E-state index in [1.807, 2.05) is 159 Å². The molecule has 13 rings (SSSR count). The van der Waals surface area contributed by atoms with Gasteiger partial charge >= 0.3 is 0 Å². The fourth-order valence-electron chi connectivity index (χ4n) is 17.0. The largest absolute Gasteiger partial charge is 0.493 e. The Balaban J connectivity index is 0.000000219. The number of ether oxygens (including phenoxy) is 7. The van der Waals surface area contributed by atoms with E-state index < -0.39 is 0 Å². The molecule has 20 heteroatoms. The van der Waals surface area contributed by atoms with E-state index in [0.717, 1.165) is 169 Å². The minimum absolute atomic E-state index is 0.0160. The van der Waals surface area contributed by atoms with Gasteiger partial charge in [0, 0.05) is 94.8 Å². The van der Waals surface area contributed by atoms with E-state index in [2.05, 4.69) is 248 Å². The summed E-state index contributed by atoms with van der Waals surface area (Å²) >= 11 is 0. The highest BCUT2D eigenvalue weighted by Crippen LogP contribution is 2.45. The molecule has 0 bridgehead atoms. The van der Waals surface area contributed by atoms with Crippen LogP contribution in [0.2, 0.25) is 0 Å². The highest BCUT2D eigenvalue weighted by Gasteiger charge is 2.29. The molecule has 7 N–H and O–H groups in total. The van der Waals surface area contributed by atoms with E-state index in [1.54, 1.807) is 0 Å². The zero-order valence-electron chi connectivity index (χ0n) is 94.9. The molecular formula is C130H168N6O14. The molecule has 1 saturated carbocycles. The molecule has 0 spiro atoms. The number of carbonyl (C=O) groups excluding carboxylic acids is 6. The lowest BCUT2D eigenvalue weighted by atomic mass is 10.0. The van der Waals surface area contributed by atoms with Gasteiger partial charge in [-0.3, -0.25) is 28.8 Å². The maximum absolute atomic E-state index is 11.9. The highest BCUT2D eigenvalue weighted by atomic mass is 16.5. The van der Waals surface area contributed by atoms with Gasteiger partial charge < -0.3 is 70.2 Å². The molecule has 150 heavy (non-hydrogen) atoms. The molecule has 0 aliphatic heterocycles. The first-order chi connectivity index (χ1) is 71.9. The van der Waals surface area contributed by atoms with Crippen molar-refractivity contribution in [3.05, 3.63) is 343 Å². The van der Waals surface area contributed by atoms with Gasteiger partial charge in [0.05, 0.1) is 24.5 Å². The molecule has 20 nitrogen and oxygen atoms in total. The predicted molar refractivity (Wildman–Crippen MR) is 618 cm³/mol. The Morgan fingerprint density at radius 2 is 0.440 bits per heavy atom. The minimum atomic E-state index is -0.0951. The Morgan fingerprint density at radius 1 is 0.227 bits per heavy atom. The third-order valence-corrected chi connectivity index (χ3v) is 27.7. The second-order valence-corrected chi connectivity index (χ2v) is 38.5. The van der Waals surface area contributed by atoms with Crippen molar-refractivity contribution in [1.82, 2.24) is 0 Å². The molecule has 1 aliphatic rings. The molecule has 0 unspecified atom stereocenters. The Bertz CT molecular complexity index is 6310. The number of amides is 6. The standard InChI is InChI=1S/C23H29NO2.C22H29NO3.C22H29NO2.C21H27NO3.2C21H27NO2/c1-5-17-12-15(3)16(4)13-22(17)26-14-20-19(18-10-11-18)8-7-9-21(20)24-23(25)6-2;1-6-17-12-15(4)16(5)13-21(17)26-14-18-19(23-22(24)7-2)10-9-11-20(18)25-8-3;1-6-17-10-9-11-20(23-22(24)8-3)19(17)14-25-21-13-16(5)15(4)12-18(21)7-2;1-5-16-10-14(3)15(4)11-20(16)25-13-18-17(12-23)8-7-9-19(18)22-21(24)6-2;2*1-6-17-11-15(4)16(5)12-20(17)24-13-18-14(3)9-8-10-19(18)22-21(23)7-2/h7-9,12-13,18H,5-6,10-11,14H2,1-4H3,(H,24,25);9-13H,6-8,14H2,1-5H3,(H,23,24);9-13H,6-8,14H2,1-5H3,(H,23,24);7-11,23H,5-6,12-13H2,1-4H3,(H,22,24);2*8-12H,6-7,13H2,1-5H3,(H,22,23). The third-order valence-electron chi connectivity index (χ3n) is 27.7. The fourth-order valence-corrected chi connectivity index (χ4v) is 17.0. The van der Waals surface area contributed by atoms with Gasteiger partial charge in [0.15, 0.2) is 0 Å². The van der Waals surface area contributed by atoms with Crippen molar-refractivity contribution in [3.63, 3.8) is 0 Å². The number of aliphatic hydroxyl groups excluding tert-OH is 1. The summed E-state index contributed by atoms with van der Waals surface area (Å²) in [7, 11) is 0. The van der Waals surface area contributed by atoms with Crippen LogP contribution >= 0.6 is 0 Å². The van der Waals surface area contributed by atoms with Gasteiger partial charge in [-0.25, -0.2) is 0 Å². The number of nitrogens with one attached hydrogen (secondary N) is 6. The highest BCUT2D eigenvalue weighted by molar-refractivity contribution is 5.95. The van der Waals surface area contributed by atoms with Crippen molar-refractivity contribution < 1.29 is 67.0 Å². The summed E-state index contributed by atoms with van der Waals surface area (Å²) in [5, 5.41) is 27.5. The summed E-state index contributed by atoms with van der Waals surface area (Å²) in [5.41, 5.74) is 38.5. The first-order valence-electron chi connectivity index (χ1n) is 54.0. The second kappa shape index (κ2) is 61.2. The zero-order valence-corrected chi connectivity index (χ0v) is 94.9. The molecule has 1 fully saturated rings. The molecule has 6 amide bonds. The van der Waals surface area contributed by atoms with Crippen LogP contribution in [0.3, 0.4) is 0 Å². The summed E-state index contributed by atoms with van der Waals surface area (Å²) in [6.07, 6.45) is 11.6. The lowest BCUT2D eigenvalue weighted by molar-refractivity contribution is -0.116. The van der Waals surface area contributed by atoms with E-state index in [0.29, 0.717) is 96.4 Å². The van der Waals surface area contributed by atoms with Crippen LogP contribution in [-0.4, -0.2) is 47.2 Å². The van der Waals surface area contributed by atoms with Gasteiger partial charge in [0.1, 0.15) is 79.9 Å². The number of hydrogen-bond donors (Lipinski definition) is 7. The summed E-state index contributed by atoms with van der Waals surface area (Å²) < 4.78 is 42.7. The first-order valence-corrected chi connectivity index (χ1v) is 54.0. The minimum Gasteiger partial charge on any atom is -0.493 e. The van der Waals surface area contributed by atoms with Crippen LogP contribution in [0, 0.1) is 96.9 Å². The lowest BCUT2D eigenvalue weighted by Gasteiger charge is -2.18. The van der Waals surface area contributed by atoms with Gasteiger partial charge in [0.2, 0.25) is 35.4 Å². The average molecular weight is 2040 g/mol. The van der Waals surface area contributed by atoms with E-state index >= 15 is 0 Å². The maximum atomic E-state index is 11.9. The molecule has 0 heterocycles. The third kappa shape index (κ3) is 35.6. The molecule has 0 radical (unpaired) electrons. The monoisotopic (exact) mass is 2040 g/mol. The SMILES string of the molecule is CCC(=O)Nc1cccc(C)c1COc1cc(C)c(C)cc1CC.CCC(=O)Nc1cccc(C)c1COc1cc(C)c(C)cc1CC.CCC(=O)Nc1cccc(C2CC2)c1COc1cc(C)c(C)cc1CC.CCC(=O)Nc1cccc(CC)c1COc1cc(C)c(C)cc1CC.CCC(=O)Nc1cccc(CO)c1COc1cc(C)c(C)cc1CC.CCOc1cccc(NC(=O)CC)c1COc1cc(C)c(C)cc1CC. The number of aliphatic hydroxyl groups is 1. The first kappa shape index (κ1) is 121. The summed E-state index contributed by atoms with van der Waals surface area (Å²) in [5.74, 6) is 6.84. The zero-order chi connectivity index (χ0) is 110. The van der Waals surface area contributed by atoms with Crippen molar-refractivity contribution in [2.24, 2.45) is 0 Å². The molecule has 802 valence electrons. The normalized spacial score (nSPS) is 11.1.